The van der Waals surface area contributed by atoms with Crippen LogP contribution in [0.15, 0.2) is 53.4 Å². The van der Waals surface area contributed by atoms with Crippen LogP contribution in [0.5, 0.6) is 0 Å². The topological polar surface area (TPSA) is 88.3 Å². The maximum atomic E-state index is 15.1. The Balaban J connectivity index is 1.63. The van der Waals surface area contributed by atoms with E-state index >= 15 is 4.39 Å². The first-order valence-corrected chi connectivity index (χ1v) is 12.1. The highest BCUT2D eigenvalue weighted by molar-refractivity contribution is 7.86. The highest BCUT2D eigenvalue weighted by Gasteiger charge is 2.23. The number of carbonyl (C=O) groups is 1. The number of benzene rings is 2. The monoisotopic (exact) mass is 484 g/mol. The quantitative estimate of drug-likeness (QED) is 0.514. The SMILES string of the molecule is CC(=O)N(Cc1cccc2c1CC(N)CC2)c1cc(F)c(S(=O)Nc2cccc(F)n2)cc1C. The first-order valence-electron chi connectivity index (χ1n) is 11.0. The van der Waals surface area contributed by atoms with E-state index in [4.69, 9.17) is 5.73 Å². The molecule has 2 atom stereocenters. The van der Waals surface area contributed by atoms with Crippen LogP contribution in [0.25, 0.3) is 0 Å². The highest BCUT2D eigenvalue weighted by atomic mass is 32.2. The number of halogens is 2. The lowest BCUT2D eigenvalue weighted by Gasteiger charge is -2.28. The third kappa shape index (κ3) is 5.15. The summed E-state index contributed by atoms with van der Waals surface area (Å²) in [6.45, 7) is 3.43. The molecule has 0 fully saturated rings. The molecule has 1 heterocycles. The van der Waals surface area contributed by atoms with E-state index in [2.05, 4.69) is 15.8 Å². The highest BCUT2D eigenvalue weighted by Crippen LogP contribution is 2.30. The third-order valence-electron chi connectivity index (χ3n) is 5.98. The van der Waals surface area contributed by atoms with Crippen molar-refractivity contribution in [1.82, 2.24) is 4.98 Å². The lowest BCUT2D eigenvalue weighted by Crippen LogP contribution is -2.32. The van der Waals surface area contributed by atoms with Gasteiger partial charge in [-0.05, 0) is 72.7 Å². The van der Waals surface area contributed by atoms with Gasteiger partial charge in [0.15, 0.2) is 11.0 Å². The molecule has 0 spiro atoms. The van der Waals surface area contributed by atoms with Gasteiger partial charge >= 0.3 is 0 Å². The van der Waals surface area contributed by atoms with Crippen LogP contribution in [0, 0.1) is 18.7 Å². The van der Waals surface area contributed by atoms with Gasteiger partial charge in [-0.2, -0.15) is 4.39 Å². The molecule has 6 nitrogen and oxygen atoms in total. The number of aryl methyl sites for hydroxylation is 2. The third-order valence-corrected chi connectivity index (χ3v) is 7.09. The summed E-state index contributed by atoms with van der Waals surface area (Å²) in [5, 5.41) is 0. The molecule has 178 valence electrons. The first-order chi connectivity index (χ1) is 16.2. The van der Waals surface area contributed by atoms with Crippen LogP contribution in [0.1, 0.15) is 35.6 Å². The Kier molecular flexibility index (Phi) is 7.04. The molecule has 1 amide bonds. The largest absolute Gasteiger partial charge is 0.327 e. The molecular weight excluding hydrogens is 458 g/mol. The molecule has 1 aliphatic carbocycles. The van der Waals surface area contributed by atoms with E-state index in [1.54, 1.807) is 6.92 Å². The fraction of sp³-hybridized carbons (Fsp3) is 0.280. The zero-order valence-electron chi connectivity index (χ0n) is 19.0. The molecule has 0 saturated heterocycles. The first kappa shape index (κ1) is 24.0. The second-order valence-electron chi connectivity index (χ2n) is 8.45. The number of anilines is 2. The Morgan fingerprint density at radius 1 is 1.24 bits per heavy atom. The maximum absolute atomic E-state index is 15.1. The van der Waals surface area contributed by atoms with Crippen LogP contribution in [-0.4, -0.2) is 21.1 Å². The molecule has 0 bridgehead atoms. The number of pyridine rings is 1. The van der Waals surface area contributed by atoms with Crippen molar-refractivity contribution in [2.45, 2.75) is 50.6 Å². The van der Waals surface area contributed by atoms with Gasteiger partial charge in [0.05, 0.1) is 11.4 Å². The Bertz CT molecular complexity index is 1270. The van der Waals surface area contributed by atoms with E-state index in [9.17, 15) is 13.4 Å². The molecule has 9 heteroatoms. The average molecular weight is 485 g/mol. The number of rotatable bonds is 6. The van der Waals surface area contributed by atoms with Gasteiger partial charge in [-0.15, -0.1) is 0 Å². The number of nitrogens with two attached hydrogens (primary N) is 1. The van der Waals surface area contributed by atoms with Crippen molar-refractivity contribution in [3.8, 4) is 0 Å². The fourth-order valence-corrected chi connectivity index (χ4v) is 5.20. The minimum atomic E-state index is -2.01. The lowest BCUT2D eigenvalue weighted by atomic mass is 9.85. The number of hydrogen-bond acceptors (Lipinski definition) is 4. The van der Waals surface area contributed by atoms with E-state index in [1.807, 2.05) is 12.1 Å². The summed E-state index contributed by atoms with van der Waals surface area (Å²) in [7, 11) is -2.01. The number of amides is 1. The summed E-state index contributed by atoms with van der Waals surface area (Å²) in [5.41, 5.74) is 10.5. The Hall–Kier alpha value is -3.17. The van der Waals surface area contributed by atoms with E-state index in [0.717, 1.165) is 36.5 Å². The summed E-state index contributed by atoms with van der Waals surface area (Å²) in [5.74, 6) is -1.70. The zero-order valence-corrected chi connectivity index (χ0v) is 19.8. The van der Waals surface area contributed by atoms with Crippen LogP contribution in [-0.2, 0) is 35.2 Å². The predicted octanol–water partition coefficient (Wildman–Crippen LogP) is 4.17. The molecule has 2 unspecified atom stereocenters. The van der Waals surface area contributed by atoms with E-state index in [-0.39, 0.29) is 29.2 Å². The maximum Gasteiger partial charge on any atom is 0.224 e. The average Bonchev–Trinajstić information content (AvgIpc) is 2.78. The molecule has 34 heavy (non-hydrogen) atoms. The van der Waals surface area contributed by atoms with Crippen LogP contribution in [0.4, 0.5) is 20.3 Å². The summed E-state index contributed by atoms with van der Waals surface area (Å²) >= 11 is 0. The van der Waals surface area contributed by atoms with Gasteiger partial charge in [0.2, 0.25) is 11.9 Å². The number of carbonyl (C=O) groups excluding carboxylic acids is 1. The zero-order chi connectivity index (χ0) is 24.4. The van der Waals surface area contributed by atoms with Crippen LogP contribution >= 0.6 is 0 Å². The molecule has 4 rings (SSSR count). The van der Waals surface area contributed by atoms with Gasteiger partial charge in [0, 0.05) is 18.7 Å². The molecule has 1 aromatic heterocycles. The number of nitrogens with one attached hydrogen (secondary N) is 1. The van der Waals surface area contributed by atoms with Crippen molar-refractivity contribution in [2.24, 2.45) is 5.73 Å². The van der Waals surface area contributed by atoms with Crippen LogP contribution < -0.4 is 15.4 Å². The Morgan fingerprint density at radius 2 is 2.00 bits per heavy atom. The van der Waals surface area contributed by atoms with Gasteiger partial charge in [-0.3, -0.25) is 9.52 Å². The lowest BCUT2D eigenvalue weighted by molar-refractivity contribution is -0.116. The van der Waals surface area contributed by atoms with Crippen molar-refractivity contribution >= 4 is 28.4 Å². The van der Waals surface area contributed by atoms with Crippen molar-refractivity contribution in [3.63, 3.8) is 0 Å². The van der Waals surface area contributed by atoms with Crippen LogP contribution in [0.2, 0.25) is 0 Å². The molecule has 1 aliphatic rings. The smallest absolute Gasteiger partial charge is 0.224 e. The molecule has 0 radical (unpaired) electrons. The number of nitrogens with zero attached hydrogens (tertiary/aromatic N) is 2. The summed E-state index contributed by atoms with van der Waals surface area (Å²) < 4.78 is 43.6. The van der Waals surface area contributed by atoms with Gasteiger partial charge in [-0.25, -0.2) is 13.6 Å². The number of aromatic nitrogens is 1. The number of fused-ring (bicyclic) bond motifs is 1. The van der Waals surface area contributed by atoms with Crippen LogP contribution in [0.3, 0.4) is 0 Å². The summed E-state index contributed by atoms with van der Waals surface area (Å²) in [4.78, 5) is 17.6. The molecule has 0 aliphatic heterocycles. The Morgan fingerprint density at radius 3 is 2.74 bits per heavy atom. The van der Waals surface area contributed by atoms with Crippen molar-refractivity contribution < 1.29 is 17.8 Å². The van der Waals surface area contributed by atoms with E-state index in [0.29, 0.717) is 11.3 Å². The van der Waals surface area contributed by atoms with E-state index in [1.165, 1.54) is 41.7 Å². The van der Waals surface area contributed by atoms with Crippen molar-refractivity contribution in [3.05, 3.63) is 82.5 Å². The fourth-order valence-electron chi connectivity index (χ4n) is 4.27. The van der Waals surface area contributed by atoms with Gasteiger partial charge in [0.1, 0.15) is 11.6 Å². The molecule has 2 aromatic carbocycles. The van der Waals surface area contributed by atoms with Gasteiger partial charge in [-0.1, -0.05) is 24.3 Å². The molecular formula is C25H26F2N4O2S. The molecule has 3 aromatic rings. The second kappa shape index (κ2) is 9.99. The van der Waals surface area contributed by atoms with Gasteiger partial charge in [0.25, 0.3) is 0 Å². The second-order valence-corrected chi connectivity index (χ2v) is 9.63. The minimum absolute atomic E-state index is 0.0249. The summed E-state index contributed by atoms with van der Waals surface area (Å²) in [6.07, 6.45) is 2.56. The normalized spacial score (nSPS) is 16.0. The molecule has 0 saturated carbocycles. The van der Waals surface area contributed by atoms with Crippen molar-refractivity contribution in [1.29, 1.82) is 0 Å². The summed E-state index contributed by atoms with van der Waals surface area (Å²) in [6, 6.07) is 12.7. The van der Waals surface area contributed by atoms with Crippen molar-refractivity contribution in [2.75, 3.05) is 9.62 Å². The van der Waals surface area contributed by atoms with E-state index < -0.39 is 22.8 Å². The Labute approximate surface area is 199 Å². The minimum Gasteiger partial charge on any atom is -0.327 e. The standard InChI is InChI=1S/C25H26F2N4O2S/c1-15-11-23(34(33)30-25-8-4-7-24(27)29-25)21(26)13-22(15)31(16(2)32)14-18-6-3-5-17-9-10-19(28)12-20(17)18/h3-8,11,13,19H,9-10,12,14,28H2,1-2H3,(H,29,30). The predicted molar refractivity (Wildman–Crippen MR) is 129 cm³/mol. The molecule has 3 N–H and O–H groups in total. The van der Waals surface area contributed by atoms with Gasteiger partial charge < -0.3 is 10.6 Å². The number of hydrogen-bond donors (Lipinski definition) is 2.